The Morgan fingerprint density at radius 1 is 1.07 bits per heavy atom. The number of nitrogens with zero attached hydrogens (tertiary/aromatic N) is 1. The minimum absolute atomic E-state index is 0.163. The van der Waals surface area contributed by atoms with Gasteiger partial charge < -0.3 is 14.2 Å². The van der Waals surface area contributed by atoms with E-state index in [0.717, 1.165) is 5.56 Å². The van der Waals surface area contributed by atoms with Crippen LogP contribution in [0.25, 0.3) is 0 Å². The lowest BCUT2D eigenvalue weighted by Crippen LogP contribution is -2.32. The molecule has 0 bridgehead atoms. The Morgan fingerprint density at radius 2 is 1.69 bits per heavy atom. The molecule has 0 saturated heterocycles. The second kappa shape index (κ2) is 10.8. The van der Waals surface area contributed by atoms with Gasteiger partial charge in [0.05, 0.1) is 26.4 Å². The Bertz CT molecular complexity index is 852. The summed E-state index contributed by atoms with van der Waals surface area (Å²) < 4.78 is 15.7. The summed E-state index contributed by atoms with van der Waals surface area (Å²) in [4.78, 5) is 26.0. The molecule has 0 radical (unpaired) electrons. The third-order valence-electron chi connectivity index (χ3n) is 4.01. The third kappa shape index (κ3) is 5.95. The van der Waals surface area contributed by atoms with Gasteiger partial charge in [-0.15, -0.1) is 0 Å². The highest BCUT2D eigenvalue weighted by molar-refractivity contribution is 8.22. The fraction of sp³-hybridized carbons (Fsp3) is 0.286. The molecule has 2 aromatic rings. The van der Waals surface area contributed by atoms with Crippen molar-refractivity contribution in [2.75, 3.05) is 25.7 Å². The molecule has 0 saturated carbocycles. The first-order valence-corrected chi connectivity index (χ1v) is 10.2. The van der Waals surface area contributed by atoms with Gasteiger partial charge in [0.15, 0.2) is 0 Å². The van der Waals surface area contributed by atoms with Gasteiger partial charge in [-0.2, -0.15) is 0 Å². The highest BCUT2D eigenvalue weighted by atomic mass is 32.2. The smallest absolute Gasteiger partial charge is 0.337 e. The maximum atomic E-state index is 12.6. The summed E-state index contributed by atoms with van der Waals surface area (Å²) in [6, 6.07) is 14.1. The zero-order chi connectivity index (χ0) is 21.4. The van der Waals surface area contributed by atoms with Crippen molar-refractivity contribution in [3.8, 4) is 5.75 Å². The number of hydrogen-bond acceptors (Lipinski definition) is 7. The lowest BCUT2D eigenvalue weighted by Gasteiger charge is -2.31. The number of rotatable bonds is 7. The molecule has 0 aliphatic rings. The zero-order valence-corrected chi connectivity index (χ0v) is 18.3. The number of thiocarbonyl (C=S) groups is 1. The average Bonchev–Trinajstić information content (AvgIpc) is 2.73. The minimum atomic E-state index is -0.480. The first-order valence-electron chi connectivity index (χ1n) is 8.86. The van der Waals surface area contributed by atoms with Gasteiger partial charge in [-0.1, -0.05) is 12.1 Å². The molecule has 0 fully saturated rings. The van der Waals surface area contributed by atoms with Crippen LogP contribution < -0.4 is 9.64 Å². The Balaban J connectivity index is 2.46. The molecular formula is C21H23NO5S2. The van der Waals surface area contributed by atoms with Crippen LogP contribution in [0.2, 0.25) is 0 Å². The van der Waals surface area contributed by atoms with Crippen LogP contribution in [-0.2, 0) is 14.3 Å². The quantitative estimate of drug-likeness (QED) is 0.359. The Hall–Kier alpha value is -2.58. The molecular weight excluding hydrogens is 410 g/mol. The van der Waals surface area contributed by atoms with Crippen molar-refractivity contribution in [3.05, 3.63) is 59.7 Å². The van der Waals surface area contributed by atoms with E-state index in [-0.39, 0.29) is 5.91 Å². The summed E-state index contributed by atoms with van der Waals surface area (Å²) in [7, 11) is 2.91. The van der Waals surface area contributed by atoms with E-state index in [0.29, 0.717) is 28.0 Å². The van der Waals surface area contributed by atoms with Gasteiger partial charge in [0, 0.05) is 12.6 Å². The van der Waals surface area contributed by atoms with Crippen molar-refractivity contribution >= 4 is 45.9 Å². The van der Waals surface area contributed by atoms with E-state index in [4.69, 9.17) is 26.4 Å². The molecule has 0 N–H and O–H groups in total. The fourth-order valence-electron chi connectivity index (χ4n) is 2.64. The number of carbonyl (C=O) groups excluding carboxylic acids is 2. The maximum Gasteiger partial charge on any atom is 0.337 e. The molecule has 6 nitrogen and oxygen atoms in total. The predicted molar refractivity (Wildman–Crippen MR) is 118 cm³/mol. The number of hydrogen-bond donors (Lipinski definition) is 0. The molecule has 0 aromatic heterocycles. The zero-order valence-electron chi connectivity index (χ0n) is 16.7. The summed E-state index contributed by atoms with van der Waals surface area (Å²) in [5.74, 6) is 0.0990. The van der Waals surface area contributed by atoms with Crippen molar-refractivity contribution in [3.63, 3.8) is 0 Å². The lowest BCUT2D eigenvalue weighted by atomic mass is 10.1. The second-order valence-corrected chi connectivity index (χ2v) is 7.54. The van der Waals surface area contributed by atoms with Crippen molar-refractivity contribution in [2.24, 2.45) is 0 Å². The van der Waals surface area contributed by atoms with E-state index < -0.39 is 11.3 Å². The second-order valence-electron chi connectivity index (χ2n) is 5.85. The van der Waals surface area contributed by atoms with Gasteiger partial charge in [0.2, 0.25) is 10.3 Å². The Labute approximate surface area is 180 Å². The van der Waals surface area contributed by atoms with Crippen LogP contribution in [-0.4, -0.2) is 37.1 Å². The molecule has 0 spiro atoms. The number of esters is 1. The first-order chi connectivity index (χ1) is 13.9. The summed E-state index contributed by atoms with van der Waals surface area (Å²) in [6.07, 6.45) is 0. The van der Waals surface area contributed by atoms with E-state index in [1.54, 1.807) is 60.5 Å². The van der Waals surface area contributed by atoms with Crippen LogP contribution in [0.5, 0.6) is 5.75 Å². The number of anilines is 1. The molecule has 1 atom stereocenters. The van der Waals surface area contributed by atoms with Gasteiger partial charge in [-0.05, 0) is 72.9 Å². The summed E-state index contributed by atoms with van der Waals surface area (Å²) in [6.45, 7) is 3.77. The Kier molecular flexibility index (Phi) is 8.48. The number of benzene rings is 2. The first kappa shape index (κ1) is 22.7. The van der Waals surface area contributed by atoms with Crippen LogP contribution in [0.3, 0.4) is 0 Å². The summed E-state index contributed by atoms with van der Waals surface area (Å²) >= 11 is 6.57. The number of carbonyl (C=O) groups is 2. The van der Waals surface area contributed by atoms with E-state index >= 15 is 0 Å². The molecule has 154 valence electrons. The highest BCUT2D eigenvalue weighted by Crippen LogP contribution is 2.38. The number of methoxy groups -OCH3 is 2. The summed E-state index contributed by atoms with van der Waals surface area (Å²) in [5, 5.41) is -0.480. The fourth-order valence-corrected chi connectivity index (χ4v) is 4.07. The van der Waals surface area contributed by atoms with Gasteiger partial charge in [0.1, 0.15) is 11.1 Å². The van der Waals surface area contributed by atoms with Crippen molar-refractivity contribution in [2.45, 2.75) is 19.2 Å². The number of thioether (sulfide) groups is 1. The van der Waals surface area contributed by atoms with Crippen LogP contribution >= 0.6 is 24.0 Å². The largest absolute Gasteiger partial charge is 0.497 e. The normalized spacial score (nSPS) is 11.3. The Morgan fingerprint density at radius 3 is 2.17 bits per heavy atom. The van der Waals surface area contributed by atoms with Crippen LogP contribution in [0.1, 0.15) is 35.1 Å². The van der Waals surface area contributed by atoms with Crippen LogP contribution in [0, 0.1) is 0 Å². The van der Waals surface area contributed by atoms with Crippen LogP contribution in [0.4, 0.5) is 5.69 Å². The molecule has 0 aliphatic heterocycles. The molecule has 8 heteroatoms. The molecule has 1 amide bonds. The van der Waals surface area contributed by atoms with E-state index in [9.17, 15) is 9.59 Å². The minimum Gasteiger partial charge on any atom is -0.497 e. The maximum absolute atomic E-state index is 12.6. The van der Waals surface area contributed by atoms with Gasteiger partial charge >= 0.3 is 5.97 Å². The number of ether oxygens (including phenoxy) is 3. The van der Waals surface area contributed by atoms with E-state index in [1.165, 1.54) is 25.8 Å². The molecule has 2 aromatic carbocycles. The number of amides is 1. The average molecular weight is 434 g/mol. The van der Waals surface area contributed by atoms with Crippen molar-refractivity contribution in [1.82, 2.24) is 0 Å². The summed E-state index contributed by atoms with van der Waals surface area (Å²) in [5.41, 5.74) is 1.90. The van der Waals surface area contributed by atoms with E-state index in [2.05, 4.69) is 0 Å². The predicted octanol–water partition coefficient (Wildman–Crippen LogP) is 4.59. The molecule has 0 heterocycles. The lowest BCUT2D eigenvalue weighted by molar-refractivity contribution is -0.116. The monoisotopic (exact) mass is 433 g/mol. The van der Waals surface area contributed by atoms with Crippen molar-refractivity contribution in [1.29, 1.82) is 0 Å². The highest BCUT2D eigenvalue weighted by Gasteiger charge is 2.27. The molecule has 29 heavy (non-hydrogen) atoms. The standard InChI is InChI=1S/C21H23NO5S2/c1-5-27-21(28)29-19(15-6-8-16(9-7-15)20(24)26-4)22(14(2)23)17-10-12-18(25-3)13-11-17/h6-13,19H,5H2,1-4H3. The van der Waals surface area contributed by atoms with Crippen LogP contribution in [0.15, 0.2) is 48.5 Å². The topological polar surface area (TPSA) is 65.1 Å². The van der Waals surface area contributed by atoms with Gasteiger partial charge in [-0.3, -0.25) is 9.69 Å². The molecule has 1 unspecified atom stereocenters. The third-order valence-corrected chi connectivity index (χ3v) is 5.43. The van der Waals surface area contributed by atoms with E-state index in [1.807, 2.05) is 6.92 Å². The molecule has 0 aliphatic carbocycles. The van der Waals surface area contributed by atoms with Gasteiger partial charge in [0.25, 0.3) is 0 Å². The molecule has 2 rings (SSSR count). The van der Waals surface area contributed by atoms with Gasteiger partial charge in [-0.25, -0.2) is 4.79 Å². The SMILES string of the molecule is CCOC(=S)SC(c1ccc(C(=O)OC)cc1)N(C(C)=O)c1ccc(OC)cc1. The van der Waals surface area contributed by atoms with Crippen molar-refractivity contribution < 1.29 is 23.8 Å².